The maximum Gasteiger partial charge on any atom is 0.123 e. The Labute approximate surface area is 129 Å². The zero-order valence-electron chi connectivity index (χ0n) is 11.9. The van der Waals surface area contributed by atoms with Crippen LogP contribution in [0.4, 0.5) is 4.39 Å². The van der Waals surface area contributed by atoms with E-state index in [-0.39, 0.29) is 11.7 Å². The van der Waals surface area contributed by atoms with Crippen LogP contribution in [0.15, 0.2) is 51.5 Å². The van der Waals surface area contributed by atoms with Crippen molar-refractivity contribution in [3.63, 3.8) is 0 Å². The molecular formula is C18H18FNS. The van der Waals surface area contributed by atoms with Crippen molar-refractivity contribution in [3.8, 4) is 0 Å². The van der Waals surface area contributed by atoms with Gasteiger partial charge in [-0.2, -0.15) is 0 Å². The van der Waals surface area contributed by atoms with E-state index in [2.05, 4.69) is 12.1 Å². The van der Waals surface area contributed by atoms with Crippen molar-refractivity contribution in [2.24, 2.45) is 4.99 Å². The van der Waals surface area contributed by atoms with Crippen LogP contribution in [0.2, 0.25) is 0 Å². The van der Waals surface area contributed by atoms with Crippen LogP contribution in [-0.2, 0) is 0 Å². The highest BCUT2D eigenvalue weighted by atomic mass is 32.2. The minimum atomic E-state index is -0.143. The SMILES string of the molecule is Fc1cccc(C2C3=CCCCC3=NC3=C2SCCC3)c1. The molecule has 1 atom stereocenters. The summed E-state index contributed by atoms with van der Waals surface area (Å²) < 4.78 is 13.7. The number of hydrogen-bond donors (Lipinski definition) is 0. The fraction of sp³-hybridized carbons (Fsp3) is 0.389. The number of benzene rings is 1. The molecular weight excluding hydrogens is 281 g/mol. The molecule has 2 aliphatic heterocycles. The van der Waals surface area contributed by atoms with E-state index < -0.39 is 0 Å². The van der Waals surface area contributed by atoms with Gasteiger partial charge >= 0.3 is 0 Å². The van der Waals surface area contributed by atoms with Gasteiger partial charge in [0.25, 0.3) is 0 Å². The summed E-state index contributed by atoms with van der Waals surface area (Å²) in [5.74, 6) is 1.23. The third-order valence-electron chi connectivity index (χ3n) is 4.44. The zero-order valence-corrected chi connectivity index (χ0v) is 12.8. The smallest absolute Gasteiger partial charge is 0.123 e. The predicted octanol–water partition coefficient (Wildman–Crippen LogP) is 5.21. The molecule has 1 unspecified atom stereocenters. The van der Waals surface area contributed by atoms with Crippen molar-refractivity contribution in [2.75, 3.05) is 5.75 Å². The summed E-state index contributed by atoms with van der Waals surface area (Å²) in [5, 5.41) is 0. The molecule has 0 amide bonds. The molecule has 1 aromatic rings. The lowest BCUT2D eigenvalue weighted by Gasteiger charge is -2.34. The number of aliphatic imine (C=N–C) groups is 1. The minimum Gasteiger partial charge on any atom is -0.257 e. The molecule has 0 N–H and O–H groups in total. The van der Waals surface area contributed by atoms with Gasteiger partial charge in [-0.05, 0) is 61.1 Å². The molecule has 21 heavy (non-hydrogen) atoms. The highest BCUT2D eigenvalue weighted by molar-refractivity contribution is 8.03. The van der Waals surface area contributed by atoms with E-state index in [1.54, 1.807) is 6.07 Å². The summed E-state index contributed by atoms with van der Waals surface area (Å²) in [7, 11) is 0. The Bertz CT molecular complexity index is 672. The standard InChI is InChI=1S/C18H18FNS/c19-13-6-3-5-12(11-13)17-14-7-1-2-8-15(14)20-16-9-4-10-21-18(16)17/h3,5-7,11,17H,1-2,4,8-10H2. The topological polar surface area (TPSA) is 12.4 Å². The Morgan fingerprint density at radius 2 is 2.14 bits per heavy atom. The van der Waals surface area contributed by atoms with Gasteiger partial charge in [0.15, 0.2) is 0 Å². The number of nitrogens with zero attached hydrogens (tertiary/aromatic N) is 1. The summed E-state index contributed by atoms with van der Waals surface area (Å²) in [4.78, 5) is 6.30. The van der Waals surface area contributed by atoms with E-state index >= 15 is 0 Å². The Balaban J connectivity index is 1.87. The van der Waals surface area contributed by atoms with Crippen LogP contribution in [-0.4, -0.2) is 11.5 Å². The van der Waals surface area contributed by atoms with E-state index in [1.807, 2.05) is 17.8 Å². The molecule has 1 aliphatic carbocycles. The average molecular weight is 299 g/mol. The molecule has 0 fully saturated rings. The van der Waals surface area contributed by atoms with Gasteiger partial charge < -0.3 is 0 Å². The minimum absolute atomic E-state index is 0.143. The van der Waals surface area contributed by atoms with Gasteiger partial charge in [-0.3, -0.25) is 4.99 Å². The third kappa shape index (κ3) is 2.38. The fourth-order valence-corrected chi connectivity index (χ4v) is 4.76. The first-order valence-corrected chi connectivity index (χ1v) is 8.71. The highest BCUT2D eigenvalue weighted by Gasteiger charge is 2.33. The summed E-state index contributed by atoms with van der Waals surface area (Å²) in [6.45, 7) is 0. The Morgan fingerprint density at radius 1 is 1.19 bits per heavy atom. The van der Waals surface area contributed by atoms with Gasteiger partial charge in [0.1, 0.15) is 5.82 Å². The van der Waals surface area contributed by atoms with E-state index in [9.17, 15) is 4.39 Å². The first-order valence-electron chi connectivity index (χ1n) is 7.72. The Hall–Kier alpha value is -1.35. The number of allylic oxidation sites excluding steroid dienone is 4. The second kappa shape index (κ2) is 5.45. The molecule has 0 bridgehead atoms. The largest absolute Gasteiger partial charge is 0.257 e. The lowest BCUT2D eigenvalue weighted by atomic mass is 9.80. The third-order valence-corrected chi connectivity index (χ3v) is 5.72. The maximum absolute atomic E-state index is 13.7. The van der Waals surface area contributed by atoms with Crippen LogP contribution in [0.25, 0.3) is 0 Å². The van der Waals surface area contributed by atoms with Crippen LogP contribution in [0.3, 0.4) is 0 Å². The number of hydrogen-bond acceptors (Lipinski definition) is 2. The second-order valence-corrected chi connectivity index (χ2v) is 7.00. The number of fused-ring (bicyclic) bond motifs is 1. The quantitative estimate of drug-likeness (QED) is 0.693. The molecule has 108 valence electrons. The summed E-state index contributed by atoms with van der Waals surface area (Å²) in [6.07, 6.45) is 7.98. The lowest BCUT2D eigenvalue weighted by Crippen LogP contribution is -2.22. The monoisotopic (exact) mass is 299 g/mol. The first kappa shape index (κ1) is 13.3. The van der Waals surface area contributed by atoms with Crippen LogP contribution in [0, 0.1) is 5.82 Å². The Morgan fingerprint density at radius 3 is 3.05 bits per heavy atom. The molecule has 0 radical (unpaired) electrons. The maximum atomic E-state index is 13.7. The Kier molecular flexibility index (Phi) is 3.46. The van der Waals surface area contributed by atoms with E-state index in [4.69, 9.17) is 4.99 Å². The number of halogens is 1. The van der Waals surface area contributed by atoms with Gasteiger partial charge in [0, 0.05) is 16.5 Å². The molecule has 2 heterocycles. The van der Waals surface area contributed by atoms with Gasteiger partial charge in [-0.25, -0.2) is 4.39 Å². The van der Waals surface area contributed by atoms with Gasteiger partial charge in [0.2, 0.25) is 0 Å². The van der Waals surface area contributed by atoms with E-state index in [0.717, 1.165) is 30.6 Å². The van der Waals surface area contributed by atoms with Crippen LogP contribution in [0.5, 0.6) is 0 Å². The van der Waals surface area contributed by atoms with Crippen LogP contribution < -0.4 is 0 Å². The van der Waals surface area contributed by atoms with Crippen molar-refractivity contribution in [1.82, 2.24) is 0 Å². The number of rotatable bonds is 1. The normalized spacial score (nSPS) is 24.9. The fourth-order valence-electron chi connectivity index (χ4n) is 3.50. The molecule has 0 spiro atoms. The second-order valence-electron chi connectivity index (χ2n) is 5.86. The first-order chi connectivity index (χ1) is 10.3. The van der Waals surface area contributed by atoms with Crippen molar-refractivity contribution in [1.29, 1.82) is 0 Å². The van der Waals surface area contributed by atoms with Gasteiger partial charge in [-0.15, -0.1) is 11.8 Å². The highest BCUT2D eigenvalue weighted by Crippen LogP contribution is 2.48. The lowest BCUT2D eigenvalue weighted by molar-refractivity contribution is 0.624. The summed E-state index contributed by atoms with van der Waals surface area (Å²) in [5.41, 5.74) is 4.92. The average Bonchev–Trinajstić information content (AvgIpc) is 2.52. The van der Waals surface area contributed by atoms with Crippen molar-refractivity contribution in [2.45, 2.75) is 38.0 Å². The van der Waals surface area contributed by atoms with Gasteiger partial charge in [-0.1, -0.05) is 18.2 Å². The molecule has 3 aliphatic rings. The molecule has 1 aromatic carbocycles. The zero-order chi connectivity index (χ0) is 14.2. The molecule has 1 nitrogen and oxygen atoms in total. The van der Waals surface area contributed by atoms with E-state index in [1.165, 1.54) is 40.8 Å². The molecule has 3 heteroatoms. The molecule has 0 aromatic heterocycles. The van der Waals surface area contributed by atoms with Gasteiger partial charge in [0.05, 0.1) is 5.70 Å². The van der Waals surface area contributed by atoms with Crippen molar-refractivity contribution >= 4 is 17.5 Å². The van der Waals surface area contributed by atoms with E-state index in [0.29, 0.717) is 0 Å². The summed E-state index contributed by atoms with van der Waals surface area (Å²) in [6, 6.07) is 7.11. The summed E-state index contributed by atoms with van der Waals surface area (Å²) >= 11 is 1.92. The molecule has 0 saturated carbocycles. The van der Waals surface area contributed by atoms with Crippen LogP contribution in [0.1, 0.15) is 43.6 Å². The van der Waals surface area contributed by atoms with Crippen molar-refractivity contribution in [3.05, 3.63) is 57.9 Å². The molecule has 0 saturated heterocycles. The predicted molar refractivity (Wildman–Crippen MR) is 87.2 cm³/mol. The number of thioether (sulfide) groups is 1. The van der Waals surface area contributed by atoms with Crippen molar-refractivity contribution < 1.29 is 4.39 Å². The van der Waals surface area contributed by atoms with Crippen LogP contribution >= 0.6 is 11.8 Å². The molecule has 4 rings (SSSR count).